The van der Waals surface area contributed by atoms with Gasteiger partial charge >= 0.3 is 6.09 Å². The highest BCUT2D eigenvalue weighted by molar-refractivity contribution is 5.82. The zero-order valence-electron chi connectivity index (χ0n) is 7.53. The van der Waals surface area contributed by atoms with Gasteiger partial charge in [0.15, 0.2) is 0 Å². The average molecular weight is 190 g/mol. The Kier molecular flexibility index (Phi) is 3.50. The Morgan fingerprint density at radius 2 is 2.07 bits per heavy atom. The van der Waals surface area contributed by atoms with Crippen molar-refractivity contribution in [2.24, 2.45) is 0 Å². The van der Waals surface area contributed by atoms with Crippen LogP contribution in [0.1, 0.15) is 12.0 Å². The highest BCUT2D eigenvalue weighted by atomic mass is 16.4. The molecule has 1 amide bonds. The predicted octanol–water partition coefficient (Wildman–Crippen LogP) is 2.23. The summed E-state index contributed by atoms with van der Waals surface area (Å²) in [6.45, 7) is 0. The monoisotopic (exact) mass is 190 g/mol. The number of aryl methyl sites for hydroxylation is 1. The van der Waals surface area contributed by atoms with Crippen LogP contribution in [0.4, 0.5) is 10.5 Å². The van der Waals surface area contributed by atoms with Gasteiger partial charge in [-0.05, 0) is 24.1 Å². The summed E-state index contributed by atoms with van der Waals surface area (Å²) >= 11 is 0. The second-order valence-electron chi connectivity index (χ2n) is 2.79. The fraction of sp³-hybridized carbons (Fsp3) is 0.200. The number of nitrogens with one attached hydrogen (secondary N) is 1. The lowest BCUT2D eigenvalue weighted by atomic mass is 10.1. The molecule has 72 valence electrons. The summed E-state index contributed by atoms with van der Waals surface area (Å²) < 4.78 is 0. The second kappa shape index (κ2) is 4.87. The van der Waals surface area contributed by atoms with E-state index < -0.39 is 6.09 Å². The molecule has 0 saturated heterocycles. The van der Waals surface area contributed by atoms with Crippen molar-refractivity contribution in [3.63, 3.8) is 0 Å². The fourth-order valence-corrected chi connectivity index (χ4v) is 1.08. The first kappa shape index (κ1) is 10.1. The van der Waals surface area contributed by atoms with E-state index >= 15 is 0 Å². The number of benzene rings is 1. The van der Waals surface area contributed by atoms with Crippen LogP contribution < -0.4 is 5.32 Å². The normalized spacial score (nSPS) is 9.07. The molecule has 2 N–H and O–H groups in total. The number of nitrogens with zero attached hydrogens (tertiary/aromatic N) is 1. The first-order valence-corrected chi connectivity index (χ1v) is 4.18. The summed E-state index contributed by atoms with van der Waals surface area (Å²) in [5.74, 6) is 0. The van der Waals surface area contributed by atoms with Gasteiger partial charge in [0.1, 0.15) is 0 Å². The highest BCUT2D eigenvalue weighted by Crippen LogP contribution is 2.10. The molecule has 0 aliphatic heterocycles. The lowest BCUT2D eigenvalue weighted by molar-refractivity contribution is 0.210. The first-order chi connectivity index (χ1) is 6.72. The summed E-state index contributed by atoms with van der Waals surface area (Å²) in [5.41, 5.74) is 1.57. The maximum atomic E-state index is 10.3. The molecule has 0 aromatic heterocycles. The van der Waals surface area contributed by atoms with Gasteiger partial charge in [0.25, 0.3) is 0 Å². The Labute approximate surface area is 81.8 Å². The zero-order valence-corrected chi connectivity index (χ0v) is 7.53. The molecular weight excluding hydrogens is 180 g/mol. The molecule has 0 spiro atoms. The van der Waals surface area contributed by atoms with Gasteiger partial charge in [-0.3, -0.25) is 5.32 Å². The predicted molar refractivity (Wildman–Crippen MR) is 52.0 cm³/mol. The number of hydrogen-bond donors (Lipinski definition) is 2. The Bertz CT molecular complexity index is 351. The van der Waals surface area contributed by atoms with Crippen molar-refractivity contribution in [2.45, 2.75) is 12.8 Å². The number of amides is 1. The molecule has 1 aromatic rings. The Balaban J connectivity index is 2.60. The van der Waals surface area contributed by atoms with Crippen LogP contribution in [-0.4, -0.2) is 11.2 Å². The van der Waals surface area contributed by atoms with E-state index in [0.717, 1.165) is 5.56 Å². The van der Waals surface area contributed by atoms with E-state index in [9.17, 15) is 4.79 Å². The molecule has 1 aromatic carbocycles. The number of hydrogen-bond acceptors (Lipinski definition) is 2. The van der Waals surface area contributed by atoms with Crippen LogP contribution in [0, 0.1) is 11.3 Å². The van der Waals surface area contributed by atoms with Crippen molar-refractivity contribution in [3.8, 4) is 6.07 Å². The third-order valence-corrected chi connectivity index (χ3v) is 1.73. The Morgan fingerprint density at radius 1 is 1.43 bits per heavy atom. The summed E-state index contributed by atoms with van der Waals surface area (Å²) in [6, 6.07) is 9.03. The minimum Gasteiger partial charge on any atom is -0.465 e. The number of anilines is 1. The SMILES string of the molecule is N#CCCc1ccc(NC(=O)O)cc1. The van der Waals surface area contributed by atoms with E-state index in [1.807, 2.05) is 12.1 Å². The molecule has 14 heavy (non-hydrogen) atoms. The summed E-state index contributed by atoms with van der Waals surface area (Å²) in [7, 11) is 0. The van der Waals surface area contributed by atoms with Gasteiger partial charge < -0.3 is 5.11 Å². The lowest BCUT2D eigenvalue weighted by Gasteiger charge is -2.01. The van der Waals surface area contributed by atoms with Crippen molar-refractivity contribution in [2.75, 3.05) is 5.32 Å². The van der Waals surface area contributed by atoms with Crippen molar-refractivity contribution >= 4 is 11.8 Å². The van der Waals surface area contributed by atoms with Gasteiger partial charge in [0, 0.05) is 12.1 Å². The van der Waals surface area contributed by atoms with Gasteiger partial charge in [-0.2, -0.15) is 5.26 Å². The molecule has 1 rings (SSSR count). The minimum absolute atomic E-state index is 0.478. The summed E-state index contributed by atoms with van der Waals surface area (Å²) in [5, 5.41) is 19.0. The molecule has 0 unspecified atom stereocenters. The smallest absolute Gasteiger partial charge is 0.409 e. The van der Waals surface area contributed by atoms with Gasteiger partial charge in [-0.1, -0.05) is 12.1 Å². The molecule has 0 heterocycles. The van der Waals surface area contributed by atoms with Crippen LogP contribution in [0.5, 0.6) is 0 Å². The van der Waals surface area contributed by atoms with Crippen LogP contribution in [0.15, 0.2) is 24.3 Å². The van der Waals surface area contributed by atoms with E-state index in [4.69, 9.17) is 10.4 Å². The minimum atomic E-state index is -1.07. The largest absolute Gasteiger partial charge is 0.465 e. The number of rotatable bonds is 3. The topological polar surface area (TPSA) is 73.1 Å². The van der Waals surface area contributed by atoms with E-state index in [1.54, 1.807) is 12.1 Å². The van der Waals surface area contributed by atoms with Gasteiger partial charge in [-0.25, -0.2) is 4.79 Å². The second-order valence-corrected chi connectivity index (χ2v) is 2.79. The van der Waals surface area contributed by atoms with Crippen molar-refractivity contribution in [1.29, 1.82) is 5.26 Å². The maximum Gasteiger partial charge on any atom is 0.409 e. The van der Waals surface area contributed by atoms with E-state index in [2.05, 4.69) is 11.4 Å². The molecule has 4 nitrogen and oxygen atoms in total. The molecule has 0 aliphatic carbocycles. The number of carboxylic acid groups (broad SMARTS) is 1. The molecule has 0 bridgehead atoms. The van der Waals surface area contributed by atoms with E-state index in [0.29, 0.717) is 18.5 Å². The van der Waals surface area contributed by atoms with Crippen molar-refractivity contribution in [1.82, 2.24) is 0 Å². The van der Waals surface area contributed by atoms with Crippen LogP contribution in [0.3, 0.4) is 0 Å². The van der Waals surface area contributed by atoms with Crippen molar-refractivity contribution in [3.05, 3.63) is 29.8 Å². The quantitative estimate of drug-likeness (QED) is 0.767. The molecule has 0 aliphatic rings. The van der Waals surface area contributed by atoms with Gasteiger partial charge in [-0.15, -0.1) is 0 Å². The number of carbonyl (C=O) groups is 1. The summed E-state index contributed by atoms with van der Waals surface area (Å²) in [4.78, 5) is 10.3. The molecule has 0 radical (unpaired) electrons. The molecule has 0 atom stereocenters. The molecule has 0 fully saturated rings. The number of nitriles is 1. The van der Waals surface area contributed by atoms with Crippen molar-refractivity contribution < 1.29 is 9.90 Å². The molecule has 4 heteroatoms. The Hall–Kier alpha value is -2.02. The van der Waals surface area contributed by atoms with Gasteiger partial charge in [0.2, 0.25) is 0 Å². The van der Waals surface area contributed by atoms with Crippen LogP contribution in [0.25, 0.3) is 0 Å². The highest BCUT2D eigenvalue weighted by Gasteiger charge is 1.97. The van der Waals surface area contributed by atoms with Gasteiger partial charge in [0.05, 0.1) is 6.07 Å². The Morgan fingerprint density at radius 3 is 2.57 bits per heavy atom. The van der Waals surface area contributed by atoms with Crippen LogP contribution in [-0.2, 0) is 6.42 Å². The fourth-order valence-electron chi connectivity index (χ4n) is 1.08. The first-order valence-electron chi connectivity index (χ1n) is 4.18. The van der Waals surface area contributed by atoms with E-state index in [-0.39, 0.29) is 0 Å². The summed E-state index contributed by atoms with van der Waals surface area (Å²) in [6.07, 6.45) is 0.102. The van der Waals surface area contributed by atoms with Crippen LogP contribution >= 0.6 is 0 Å². The maximum absolute atomic E-state index is 10.3. The zero-order chi connectivity index (χ0) is 10.4. The molecular formula is C10H10N2O2. The third-order valence-electron chi connectivity index (χ3n) is 1.73. The lowest BCUT2D eigenvalue weighted by Crippen LogP contribution is -2.06. The average Bonchev–Trinajstić information content (AvgIpc) is 2.16. The standard InChI is InChI=1S/C10H10N2O2/c11-7-1-2-8-3-5-9(6-4-8)12-10(13)14/h3-6,12H,1-2H2,(H,13,14). The van der Waals surface area contributed by atoms with Crippen LogP contribution in [0.2, 0.25) is 0 Å². The third kappa shape index (κ3) is 3.15. The van der Waals surface area contributed by atoms with E-state index in [1.165, 1.54) is 0 Å². The molecule has 0 saturated carbocycles.